The quantitative estimate of drug-likeness (QED) is 0.803. The van der Waals surface area contributed by atoms with Crippen LogP contribution in [-0.2, 0) is 9.59 Å². The Bertz CT molecular complexity index is 577. The fraction of sp³-hybridized carbons (Fsp3) is 0.154. The minimum Gasteiger partial charge on any atom is -0.478 e. The molecule has 0 bridgehead atoms. The lowest BCUT2D eigenvalue weighted by Crippen LogP contribution is -2.32. The number of nitrogens with zero attached hydrogens (tertiary/aromatic N) is 1. The summed E-state index contributed by atoms with van der Waals surface area (Å²) in [6.45, 7) is 3.11. The van der Waals surface area contributed by atoms with Gasteiger partial charge in [0.1, 0.15) is 0 Å². The van der Waals surface area contributed by atoms with Crippen LogP contribution in [0.2, 0.25) is 0 Å². The molecule has 0 unspecified atom stereocenters. The maximum atomic E-state index is 12.0. The molecule has 1 aliphatic rings. The molecule has 1 aliphatic heterocycles. The average Bonchev–Trinajstić information content (AvgIpc) is 2.54. The molecular weight excluding hydrogens is 234 g/mol. The van der Waals surface area contributed by atoms with Crippen molar-refractivity contribution in [2.45, 2.75) is 13.8 Å². The molecule has 18 heavy (non-hydrogen) atoms. The Morgan fingerprint density at radius 3 is 2.06 bits per heavy atom. The van der Waals surface area contributed by atoms with E-state index in [4.69, 9.17) is 5.11 Å². The number of hydrogen-bond acceptors (Lipinski definition) is 3. The number of hydrogen-bond donors (Lipinski definition) is 1. The van der Waals surface area contributed by atoms with E-state index in [9.17, 15) is 14.4 Å². The number of benzene rings is 1. The highest BCUT2D eigenvalue weighted by molar-refractivity contribution is 6.33. The van der Waals surface area contributed by atoms with Crippen molar-refractivity contribution in [1.82, 2.24) is 0 Å². The van der Waals surface area contributed by atoms with E-state index in [2.05, 4.69) is 0 Å². The van der Waals surface area contributed by atoms with E-state index in [0.717, 1.165) is 4.90 Å². The molecule has 92 valence electrons. The molecule has 0 radical (unpaired) electrons. The summed E-state index contributed by atoms with van der Waals surface area (Å²) in [6.07, 6.45) is 0. The minimum atomic E-state index is -1.17. The first-order valence-corrected chi connectivity index (χ1v) is 5.33. The van der Waals surface area contributed by atoms with Gasteiger partial charge in [0, 0.05) is 11.1 Å². The lowest BCUT2D eigenvalue weighted by molar-refractivity contribution is -0.120. The van der Waals surface area contributed by atoms with Crippen LogP contribution < -0.4 is 4.90 Å². The van der Waals surface area contributed by atoms with Gasteiger partial charge in [0.25, 0.3) is 11.8 Å². The van der Waals surface area contributed by atoms with Gasteiger partial charge in [0.2, 0.25) is 0 Å². The van der Waals surface area contributed by atoms with Crippen molar-refractivity contribution in [1.29, 1.82) is 0 Å². The van der Waals surface area contributed by atoms with Gasteiger partial charge in [0.15, 0.2) is 0 Å². The molecule has 1 aromatic rings. The van der Waals surface area contributed by atoms with Crippen molar-refractivity contribution >= 4 is 23.5 Å². The Morgan fingerprint density at radius 1 is 1.06 bits per heavy atom. The molecule has 2 rings (SSSR count). The van der Waals surface area contributed by atoms with Gasteiger partial charge in [-0.05, 0) is 26.0 Å². The number of rotatable bonds is 2. The second-order valence-electron chi connectivity index (χ2n) is 4.02. The molecule has 0 aliphatic carbocycles. The van der Waals surface area contributed by atoms with Crippen LogP contribution in [0.25, 0.3) is 0 Å². The van der Waals surface area contributed by atoms with E-state index in [1.807, 2.05) is 0 Å². The molecule has 1 heterocycles. The maximum absolute atomic E-state index is 12.0. The average molecular weight is 245 g/mol. The second-order valence-corrected chi connectivity index (χ2v) is 4.02. The molecule has 0 saturated heterocycles. The van der Waals surface area contributed by atoms with E-state index < -0.39 is 17.8 Å². The van der Waals surface area contributed by atoms with E-state index >= 15 is 0 Å². The summed E-state index contributed by atoms with van der Waals surface area (Å²) in [7, 11) is 0. The number of carboxylic acids is 1. The summed E-state index contributed by atoms with van der Waals surface area (Å²) in [4.78, 5) is 35.9. The fourth-order valence-electron chi connectivity index (χ4n) is 1.82. The summed E-state index contributed by atoms with van der Waals surface area (Å²) < 4.78 is 0. The van der Waals surface area contributed by atoms with E-state index in [0.29, 0.717) is 11.1 Å². The first-order chi connectivity index (χ1) is 8.45. The number of imide groups is 1. The number of carbonyl (C=O) groups excluding carboxylic acids is 2. The Hall–Kier alpha value is -2.43. The number of anilines is 1. The third kappa shape index (κ3) is 1.60. The van der Waals surface area contributed by atoms with Crippen LogP contribution in [0.15, 0.2) is 35.4 Å². The van der Waals surface area contributed by atoms with Crippen LogP contribution in [0, 0.1) is 0 Å². The maximum Gasteiger partial charge on any atom is 0.337 e. The second kappa shape index (κ2) is 4.10. The molecule has 0 spiro atoms. The van der Waals surface area contributed by atoms with Crippen molar-refractivity contribution in [2.24, 2.45) is 0 Å². The largest absolute Gasteiger partial charge is 0.478 e. The number of carboxylic acid groups (broad SMARTS) is 1. The molecular formula is C13H11NO4. The lowest BCUT2D eigenvalue weighted by atomic mass is 10.1. The Morgan fingerprint density at radius 2 is 1.56 bits per heavy atom. The van der Waals surface area contributed by atoms with Crippen molar-refractivity contribution in [3.63, 3.8) is 0 Å². The molecule has 0 fully saturated rings. The fourth-order valence-corrected chi connectivity index (χ4v) is 1.82. The zero-order valence-electron chi connectivity index (χ0n) is 9.93. The van der Waals surface area contributed by atoms with Gasteiger partial charge in [-0.2, -0.15) is 0 Å². The van der Waals surface area contributed by atoms with Gasteiger partial charge < -0.3 is 5.11 Å². The number of para-hydroxylation sites is 1. The SMILES string of the molecule is CC1=C(C)C(=O)N(c2ccccc2C(=O)O)C1=O. The van der Waals surface area contributed by atoms with E-state index in [1.54, 1.807) is 26.0 Å². The zero-order chi connectivity index (χ0) is 13.4. The standard InChI is InChI=1S/C13H11NO4/c1-7-8(2)12(16)14(11(7)15)10-6-4-3-5-9(10)13(17)18/h3-6H,1-2H3,(H,17,18). The predicted octanol–water partition coefficient (Wildman–Crippen LogP) is 1.59. The van der Waals surface area contributed by atoms with Gasteiger partial charge in [-0.3, -0.25) is 9.59 Å². The van der Waals surface area contributed by atoms with Crippen molar-refractivity contribution in [3.05, 3.63) is 41.0 Å². The molecule has 1 aromatic carbocycles. The Kier molecular flexibility index (Phi) is 2.74. The van der Waals surface area contributed by atoms with Crippen molar-refractivity contribution in [3.8, 4) is 0 Å². The van der Waals surface area contributed by atoms with Crippen LogP contribution in [-0.4, -0.2) is 22.9 Å². The van der Waals surface area contributed by atoms with Crippen molar-refractivity contribution < 1.29 is 19.5 Å². The van der Waals surface area contributed by atoms with Gasteiger partial charge in [-0.25, -0.2) is 9.69 Å². The summed E-state index contributed by atoms with van der Waals surface area (Å²) in [5.41, 5.74) is 0.735. The van der Waals surface area contributed by atoms with Crippen LogP contribution in [0.4, 0.5) is 5.69 Å². The smallest absolute Gasteiger partial charge is 0.337 e. The molecule has 0 atom stereocenters. The number of aromatic carboxylic acids is 1. The van der Waals surface area contributed by atoms with E-state index in [-0.39, 0.29) is 11.3 Å². The van der Waals surface area contributed by atoms with Crippen LogP contribution in [0.1, 0.15) is 24.2 Å². The monoisotopic (exact) mass is 245 g/mol. The molecule has 5 nitrogen and oxygen atoms in total. The Balaban J connectivity index is 2.56. The third-order valence-corrected chi connectivity index (χ3v) is 2.99. The van der Waals surface area contributed by atoms with Gasteiger partial charge in [0.05, 0.1) is 11.3 Å². The van der Waals surface area contributed by atoms with Crippen LogP contribution in [0.5, 0.6) is 0 Å². The summed E-state index contributed by atoms with van der Waals surface area (Å²) in [5.74, 6) is -2.11. The van der Waals surface area contributed by atoms with Gasteiger partial charge >= 0.3 is 5.97 Å². The lowest BCUT2D eigenvalue weighted by Gasteiger charge is -2.16. The summed E-state index contributed by atoms with van der Waals surface area (Å²) >= 11 is 0. The van der Waals surface area contributed by atoms with Crippen LogP contribution >= 0.6 is 0 Å². The molecule has 0 saturated carbocycles. The van der Waals surface area contributed by atoms with Gasteiger partial charge in [-0.15, -0.1) is 0 Å². The molecule has 0 aromatic heterocycles. The molecule has 2 amide bonds. The highest BCUT2D eigenvalue weighted by Gasteiger charge is 2.36. The highest BCUT2D eigenvalue weighted by atomic mass is 16.4. The van der Waals surface area contributed by atoms with Gasteiger partial charge in [-0.1, -0.05) is 12.1 Å². The Labute approximate surface area is 103 Å². The molecule has 1 N–H and O–H groups in total. The third-order valence-electron chi connectivity index (χ3n) is 2.99. The van der Waals surface area contributed by atoms with E-state index in [1.165, 1.54) is 12.1 Å². The first-order valence-electron chi connectivity index (χ1n) is 5.33. The predicted molar refractivity (Wildman–Crippen MR) is 64.3 cm³/mol. The van der Waals surface area contributed by atoms with Crippen molar-refractivity contribution in [2.75, 3.05) is 4.90 Å². The number of carbonyl (C=O) groups is 3. The summed E-state index contributed by atoms with van der Waals surface area (Å²) in [5, 5.41) is 9.07. The van der Waals surface area contributed by atoms with Crippen LogP contribution in [0.3, 0.4) is 0 Å². The molecule has 5 heteroatoms. The highest BCUT2D eigenvalue weighted by Crippen LogP contribution is 2.29. The topological polar surface area (TPSA) is 74.7 Å². The first kappa shape index (κ1) is 12.0. The summed E-state index contributed by atoms with van der Waals surface area (Å²) in [6, 6.07) is 5.95. The normalized spacial score (nSPS) is 15.6. The number of amides is 2. The zero-order valence-corrected chi connectivity index (χ0v) is 9.93. The minimum absolute atomic E-state index is 0.0679.